The number of aliphatic imine (C=N–C) groups is 1. The smallest absolute Gasteiger partial charge is 0.246 e. The number of halogens is 1. The van der Waals surface area contributed by atoms with Gasteiger partial charge in [-0.2, -0.15) is 0 Å². The van der Waals surface area contributed by atoms with E-state index in [4.69, 9.17) is 4.74 Å². The Balaban J connectivity index is 0.00000312. The van der Waals surface area contributed by atoms with Crippen molar-refractivity contribution >= 4 is 41.5 Å². The fourth-order valence-corrected chi connectivity index (χ4v) is 2.58. The van der Waals surface area contributed by atoms with Crippen molar-refractivity contribution in [2.45, 2.75) is 39.2 Å². The van der Waals surface area contributed by atoms with E-state index in [0.717, 1.165) is 38.1 Å². The van der Waals surface area contributed by atoms with Crippen LogP contribution in [0.15, 0.2) is 29.3 Å². The van der Waals surface area contributed by atoms with E-state index in [9.17, 15) is 4.79 Å². The number of nitrogens with zero attached hydrogens (tertiary/aromatic N) is 1. The molecular weight excluding hydrogens is 431 g/mol. The molecule has 1 saturated heterocycles. The largest absolute Gasteiger partial charge is 0.376 e. The van der Waals surface area contributed by atoms with Crippen molar-refractivity contribution in [3.63, 3.8) is 0 Å². The Morgan fingerprint density at radius 3 is 2.84 bits per heavy atom. The number of rotatable bonds is 7. The quantitative estimate of drug-likeness (QED) is 0.332. The molecule has 1 aliphatic heterocycles. The highest BCUT2D eigenvalue weighted by Gasteiger charge is 2.15. The molecule has 3 N–H and O–H groups in total. The van der Waals surface area contributed by atoms with Gasteiger partial charge in [-0.1, -0.05) is 19.1 Å². The molecule has 1 unspecified atom stereocenters. The minimum Gasteiger partial charge on any atom is -0.376 e. The maximum atomic E-state index is 12.1. The van der Waals surface area contributed by atoms with Gasteiger partial charge in [-0.15, -0.1) is 24.0 Å². The molecule has 0 saturated carbocycles. The Labute approximate surface area is 167 Å². The summed E-state index contributed by atoms with van der Waals surface area (Å²) in [5.74, 6) is 0.517. The molecule has 1 fully saturated rings. The average molecular weight is 460 g/mol. The third kappa shape index (κ3) is 8.04. The molecule has 1 aliphatic rings. The van der Waals surface area contributed by atoms with Gasteiger partial charge < -0.3 is 20.7 Å². The fraction of sp³-hybridized carbons (Fsp3) is 0.556. The van der Waals surface area contributed by atoms with E-state index in [1.165, 1.54) is 5.56 Å². The highest BCUT2D eigenvalue weighted by Crippen LogP contribution is 2.11. The lowest BCUT2D eigenvalue weighted by molar-refractivity contribution is -0.114. The Morgan fingerprint density at radius 2 is 2.16 bits per heavy atom. The van der Waals surface area contributed by atoms with Crippen molar-refractivity contribution < 1.29 is 9.53 Å². The van der Waals surface area contributed by atoms with Crippen molar-refractivity contribution in [2.24, 2.45) is 4.99 Å². The second-order valence-electron chi connectivity index (χ2n) is 5.81. The number of aryl methyl sites for hydroxylation is 1. The molecule has 0 radical (unpaired) electrons. The minimum atomic E-state index is -0.127. The van der Waals surface area contributed by atoms with Crippen LogP contribution in [0.3, 0.4) is 0 Å². The molecule has 2 rings (SSSR count). The van der Waals surface area contributed by atoms with Crippen LogP contribution in [0.5, 0.6) is 0 Å². The Bertz CT molecular complexity index is 560. The third-order valence-corrected chi connectivity index (χ3v) is 3.87. The normalized spacial score (nSPS) is 16.9. The molecule has 1 amide bonds. The number of ether oxygens (including phenoxy) is 1. The molecule has 0 bridgehead atoms. The molecule has 140 valence electrons. The standard InChI is InChI=1S/C18H28N4O2.HI/c1-3-14-7-5-8-15(11-14)22-17(23)13-21-18(19-4-2)20-12-16-9-6-10-24-16;/h5,7-8,11,16H,3-4,6,9-10,12-13H2,1-2H3,(H,22,23)(H2,19,20,21);1H. The number of hydrogen-bond donors (Lipinski definition) is 3. The SMILES string of the molecule is CCNC(=NCC(=O)Nc1cccc(CC)c1)NCC1CCCO1.I. The minimum absolute atomic E-state index is 0. The van der Waals surface area contributed by atoms with Gasteiger partial charge in [0.2, 0.25) is 5.91 Å². The van der Waals surface area contributed by atoms with Crippen LogP contribution < -0.4 is 16.0 Å². The molecule has 7 heteroatoms. The summed E-state index contributed by atoms with van der Waals surface area (Å²) in [6, 6.07) is 7.88. The summed E-state index contributed by atoms with van der Waals surface area (Å²) in [5.41, 5.74) is 2.01. The van der Waals surface area contributed by atoms with E-state index in [-0.39, 0.29) is 42.5 Å². The van der Waals surface area contributed by atoms with Gasteiger partial charge in [0, 0.05) is 25.4 Å². The van der Waals surface area contributed by atoms with Gasteiger partial charge in [0.1, 0.15) is 6.54 Å². The predicted molar refractivity (Wildman–Crippen MR) is 113 cm³/mol. The maximum Gasteiger partial charge on any atom is 0.246 e. The summed E-state index contributed by atoms with van der Waals surface area (Å²) in [6.45, 7) is 6.47. The molecule has 0 aromatic heterocycles. The van der Waals surface area contributed by atoms with Crippen LogP contribution in [0.4, 0.5) is 5.69 Å². The van der Waals surface area contributed by atoms with Crippen LogP contribution in [0.2, 0.25) is 0 Å². The van der Waals surface area contributed by atoms with E-state index >= 15 is 0 Å². The van der Waals surface area contributed by atoms with E-state index < -0.39 is 0 Å². The Hall–Kier alpha value is -1.35. The van der Waals surface area contributed by atoms with Crippen molar-refractivity contribution in [3.05, 3.63) is 29.8 Å². The zero-order valence-corrected chi connectivity index (χ0v) is 17.3. The Kier molecular flexibility index (Phi) is 10.5. The molecule has 0 spiro atoms. The first-order valence-corrected chi connectivity index (χ1v) is 8.73. The average Bonchev–Trinajstić information content (AvgIpc) is 3.11. The van der Waals surface area contributed by atoms with Gasteiger partial charge in [0.15, 0.2) is 5.96 Å². The molecule has 1 heterocycles. The summed E-state index contributed by atoms with van der Waals surface area (Å²) in [6.07, 6.45) is 3.36. The summed E-state index contributed by atoms with van der Waals surface area (Å²) < 4.78 is 5.58. The maximum absolute atomic E-state index is 12.1. The van der Waals surface area contributed by atoms with Gasteiger partial charge in [0.25, 0.3) is 0 Å². The van der Waals surface area contributed by atoms with Crippen LogP contribution >= 0.6 is 24.0 Å². The van der Waals surface area contributed by atoms with E-state index in [0.29, 0.717) is 12.5 Å². The monoisotopic (exact) mass is 460 g/mol. The third-order valence-electron chi connectivity index (χ3n) is 3.87. The zero-order valence-electron chi connectivity index (χ0n) is 15.0. The van der Waals surface area contributed by atoms with Gasteiger partial charge in [-0.05, 0) is 43.9 Å². The first kappa shape index (κ1) is 21.7. The van der Waals surface area contributed by atoms with Gasteiger partial charge in [0.05, 0.1) is 6.10 Å². The lowest BCUT2D eigenvalue weighted by Gasteiger charge is -2.14. The second kappa shape index (κ2) is 12.1. The van der Waals surface area contributed by atoms with Crippen LogP contribution in [-0.2, 0) is 16.0 Å². The van der Waals surface area contributed by atoms with Crippen molar-refractivity contribution in [2.75, 3.05) is 31.6 Å². The number of hydrogen-bond acceptors (Lipinski definition) is 3. The van der Waals surface area contributed by atoms with Crippen molar-refractivity contribution in [1.29, 1.82) is 0 Å². The van der Waals surface area contributed by atoms with Gasteiger partial charge in [-0.25, -0.2) is 4.99 Å². The number of guanidine groups is 1. The van der Waals surface area contributed by atoms with Crippen molar-refractivity contribution in [1.82, 2.24) is 10.6 Å². The summed E-state index contributed by atoms with van der Waals surface area (Å²) >= 11 is 0. The van der Waals surface area contributed by atoms with Crippen LogP contribution in [0.25, 0.3) is 0 Å². The number of amides is 1. The summed E-state index contributed by atoms with van der Waals surface area (Å²) in [5, 5.41) is 9.27. The molecular formula is C18H29IN4O2. The lowest BCUT2D eigenvalue weighted by Crippen LogP contribution is -2.41. The molecule has 6 nitrogen and oxygen atoms in total. The summed E-state index contributed by atoms with van der Waals surface area (Å²) in [4.78, 5) is 16.4. The number of carbonyl (C=O) groups excluding carboxylic acids is 1. The predicted octanol–water partition coefficient (Wildman–Crippen LogP) is 2.54. The van der Waals surface area contributed by atoms with Crippen LogP contribution in [0, 0.1) is 0 Å². The highest BCUT2D eigenvalue weighted by atomic mass is 127. The topological polar surface area (TPSA) is 74.8 Å². The lowest BCUT2D eigenvalue weighted by atomic mass is 10.1. The van der Waals surface area contributed by atoms with Crippen LogP contribution in [-0.4, -0.2) is 44.2 Å². The molecule has 1 aromatic carbocycles. The van der Waals surface area contributed by atoms with E-state index in [2.05, 4.69) is 27.9 Å². The van der Waals surface area contributed by atoms with Gasteiger partial charge in [-0.3, -0.25) is 4.79 Å². The van der Waals surface area contributed by atoms with Crippen molar-refractivity contribution in [3.8, 4) is 0 Å². The fourth-order valence-electron chi connectivity index (χ4n) is 2.58. The summed E-state index contributed by atoms with van der Waals surface area (Å²) in [7, 11) is 0. The molecule has 0 aliphatic carbocycles. The first-order chi connectivity index (χ1) is 11.7. The number of nitrogens with one attached hydrogen (secondary N) is 3. The number of anilines is 1. The highest BCUT2D eigenvalue weighted by molar-refractivity contribution is 14.0. The second-order valence-corrected chi connectivity index (χ2v) is 5.81. The van der Waals surface area contributed by atoms with E-state index in [1.807, 2.05) is 31.2 Å². The first-order valence-electron chi connectivity index (χ1n) is 8.73. The zero-order chi connectivity index (χ0) is 17.2. The van der Waals surface area contributed by atoms with Gasteiger partial charge >= 0.3 is 0 Å². The number of carbonyl (C=O) groups is 1. The number of benzene rings is 1. The van der Waals surface area contributed by atoms with E-state index in [1.54, 1.807) is 0 Å². The molecule has 1 atom stereocenters. The molecule has 25 heavy (non-hydrogen) atoms. The Morgan fingerprint density at radius 1 is 1.32 bits per heavy atom. The molecule has 1 aromatic rings. The van der Waals surface area contributed by atoms with Crippen LogP contribution in [0.1, 0.15) is 32.3 Å².